The molecule has 0 aromatic heterocycles. The highest BCUT2D eigenvalue weighted by Gasteiger charge is 2.31. The van der Waals surface area contributed by atoms with Crippen molar-refractivity contribution in [3.8, 4) is 5.75 Å². The Balaban J connectivity index is 1.86. The Bertz CT molecular complexity index is 428. The maximum absolute atomic E-state index is 5.78. The van der Waals surface area contributed by atoms with Crippen LogP contribution in [0.25, 0.3) is 0 Å². The van der Waals surface area contributed by atoms with Crippen molar-refractivity contribution in [2.45, 2.75) is 31.7 Å². The summed E-state index contributed by atoms with van der Waals surface area (Å²) in [5.74, 6) is 2.02. The van der Waals surface area contributed by atoms with Gasteiger partial charge in [0.2, 0.25) is 0 Å². The SMILES string of the molecule is CNC(Cc1cc(Br)cc2c1OCC2)C1CC1. The molecule has 1 aliphatic carbocycles. The smallest absolute Gasteiger partial charge is 0.125 e. The van der Waals surface area contributed by atoms with Crippen LogP contribution < -0.4 is 10.1 Å². The molecule has 3 heteroatoms. The number of halogens is 1. The first-order valence-electron chi connectivity index (χ1n) is 6.39. The highest BCUT2D eigenvalue weighted by atomic mass is 79.9. The van der Waals surface area contributed by atoms with Crippen LogP contribution in [0.3, 0.4) is 0 Å². The summed E-state index contributed by atoms with van der Waals surface area (Å²) in [5, 5.41) is 3.45. The molecule has 1 saturated carbocycles. The van der Waals surface area contributed by atoms with Gasteiger partial charge in [0.1, 0.15) is 5.75 Å². The van der Waals surface area contributed by atoms with Crippen molar-refractivity contribution in [2.75, 3.05) is 13.7 Å². The Morgan fingerprint density at radius 2 is 2.29 bits per heavy atom. The normalized spacial score (nSPS) is 19.9. The van der Waals surface area contributed by atoms with E-state index in [4.69, 9.17) is 4.74 Å². The Hall–Kier alpha value is -0.540. The van der Waals surface area contributed by atoms with Gasteiger partial charge >= 0.3 is 0 Å². The summed E-state index contributed by atoms with van der Waals surface area (Å²) < 4.78 is 6.96. The second kappa shape index (κ2) is 4.62. The molecule has 1 heterocycles. The second-order valence-corrected chi connectivity index (χ2v) is 6.00. The molecule has 1 fully saturated rings. The summed E-state index contributed by atoms with van der Waals surface area (Å²) in [4.78, 5) is 0. The first kappa shape index (κ1) is 11.5. The van der Waals surface area contributed by atoms with E-state index in [1.165, 1.54) is 28.4 Å². The minimum atomic E-state index is 0.609. The van der Waals surface area contributed by atoms with Gasteiger partial charge in [-0.2, -0.15) is 0 Å². The molecule has 0 bridgehead atoms. The van der Waals surface area contributed by atoms with E-state index in [1.54, 1.807) is 0 Å². The molecule has 3 rings (SSSR count). The van der Waals surface area contributed by atoms with Crippen LogP contribution in [0.4, 0.5) is 0 Å². The Kier molecular flexibility index (Phi) is 3.14. The van der Waals surface area contributed by atoms with Gasteiger partial charge in [-0.25, -0.2) is 0 Å². The predicted molar refractivity (Wildman–Crippen MR) is 72.6 cm³/mol. The van der Waals surface area contributed by atoms with E-state index in [1.807, 2.05) is 0 Å². The van der Waals surface area contributed by atoms with Gasteiger partial charge in [-0.15, -0.1) is 0 Å². The fourth-order valence-corrected chi connectivity index (χ4v) is 3.29. The Morgan fingerprint density at radius 1 is 1.47 bits per heavy atom. The Morgan fingerprint density at radius 3 is 3.00 bits per heavy atom. The van der Waals surface area contributed by atoms with Gasteiger partial charge in [-0.3, -0.25) is 0 Å². The lowest BCUT2D eigenvalue weighted by molar-refractivity contribution is 0.351. The number of rotatable bonds is 4. The summed E-state index contributed by atoms with van der Waals surface area (Å²) in [5.41, 5.74) is 2.72. The largest absolute Gasteiger partial charge is 0.493 e. The van der Waals surface area contributed by atoms with Crippen LogP contribution >= 0.6 is 15.9 Å². The average Bonchev–Trinajstić information content (AvgIpc) is 3.04. The van der Waals surface area contributed by atoms with Gasteiger partial charge in [-0.1, -0.05) is 15.9 Å². The third kappa shape index (κ3) is 2.36. The van der Waals surface area contributed by atoms with Crippen molar-refractivity contribution in [1.29, 1.82) is 0 Å². The third-order valence-electron chi connectivity index (χ3n) is 3.83. The molecule has 92 valence electrons. The zero-order chi connectivity index (χ0) is 11.8. The first-order chi connectivity index (χ1) is 8.28. The summed E-state index contributed by atoms with van der Waals surface area (Å²) in [7, 11) is 2.07. The predicted octanol–water partition coefficient (Wildman–Crippen LogP) is 2.92. The molecular weight excluding hydrogens is 278 g/mol. The van der Waals surface area contributed by atoms with Crippen molar-refractivity contribution in [1.82, 2.24) is 5.32 Å². The molecule has 1 unspecified atom stereocenters. The number of hydrogen-bond donors (Lipinski definition) is 1. The zero-order valence-electron chi connectivity index (χ0n) is 10.1. The molecule has 1 aliphatic heterocycles. The summed E-state index contributed by atoms with van der Waals surface area (Å²) in [6.45, 7) is 0.840. The van der Waals surface area contributed by atoms with Gasteiger partial charge in [0.05, 0.1) is 6.61 Å². The fourth-order valence-electron chi connectivity index (χ4n) is 2.74. The molecule has 2 nitrogen and oxygen atoms in total. The maximum Gasteiger partial charge on any atom is 0.125 e. The summed E-state index contributed by atoms with van der Waals surface area (Å²) in [6.07, 6.45) is 4.89. The number of nitrogens with one attached hydrogen (secondary N) is 1. The van der Waals surface area contributed by atoms with Crippen molar-refractivity contribution in [3.05, 3.63) is 27.7 Å². The number of benzene rings is 1. The van der Waals surface area contributed by atoms with E-state index in [0.717, 1.165) is 31.1 Å². The van der Waals surface area contributed by atoms with E-state index in [0.29, 0.717) is 6.04 Å². The first-order valence-corrected chi connectivity index (χ1v) is 7.18. The van der Waals surface area contributed by atoms with Crippen LogP contribution in [0, 0.1) is 5.92 Å². The molecule has 1 N–H and O–H groups in total. The van der Waals surface area contributed by atoms with E-state index in [9.17, 15) is 0 Å². The molecular formula is C14H18BrNO. The lowest BCUT2D eigenvalue weighted by Gasteiger charge is -2.17. The summed E-state index contributed by atoms with van der Waals surface area (Å²) in [6, 6.07) is 5.02. The molecule has 17 heavy (non-hydrogen) atoms. The number of hydrogen-bond acceptors (Lipinski definition) is 2. The number of likely N-dealkylation sites (N-methyl/N-ethyl adjacent to an activating group) is 1. The van der Waals surface area contributed by atoms with Crippen molar-refractivity contribution < 1.29 is 4.74 Å². The fraction of sp³-hybridized carbons (Fsp3) is 0.571. The lowest BCUT2D eigenvalue weighted by atomic mass is 9.99. The van der Waals surface area contributed by atoms with Gasteiger partial charge in [-0.05, 0) is 55.5 Å². The van der Waals surface area contributed by atoms with Crippen LogP contribution in [-0.4, -0.2) is 19.7 Å². The molecule has 0 radical (unpaired) electrons. The average molecular weight is 296 g/mol. The van der Waals surface area contributed by atoms with E-state index >= 15 is 0 Å². The van der Waals surface area contributed by atoms with E-state index < -0.39 is 0 Å². The van der Waals surface area contributed by atoms with Gasteiger partial charge in [0.25, 0.3) is 0 Å². The molecule has 1 atom stereocenters. The highest BCUT2D eigenvalue weighted by molar-refractivity contribution is 9.10. The quantitative estimate of drug-likeness (QED) is 0.922. The number of ether oxygens (including phenoxy) is 1. The minimum Gasteiger partial charge on any atom is -0.493 e. The van der Waals surface area contributed by atoms with Gasteiger partial charge in [0.15, 0.2) is 0 Å². The van der Waals surface area contributed by atoms with Gasteiger partial charge in [0, 0.05) is 16.9 Å². The van der Waals surface area contributed by atoms with E-state index in [2.05, 4.69) is 40.4 Å². The van der Waals surface area contributed by atoms with Crippen LogP contribution in [-0.2, 0) is 12.8 Å². The van der Waals surface area contributed by atoms with Crippen molar-refractivity contribution >= 4 is 15.9 Å². The standard InChI is InChI=1S/C14H18BrNO/c1-16-13(9-2-3-9)8-11-7-12(15)6-10-4-5-17-14(10)11/h6-7,9,13,16H,2-5,8H2,1H3. The molecule has 2 aliphatic rings. The topological polar surface area (TPSA) is 21.3 Å². The maximum atomic E-state index is 5.78. The van der Waals surface area contributed by atoms with Crippen LogP contribution in [0.5, 0.6) is 5.75 Å². The summed E-state index contributed by atoms with van der Waals surface area (Å²) >= 11 is 3.60. The monoisotopic (exact) mass is 295 g/mol. The molecule has 1 aromatic carbocycles. The molecule has 0 spiro atoms. The van der Waals surface area contributed by atoms with Crippen LogP contribution in [0.1, 0.15) is 24.0 Å². The van der Waals surface area contributed by atoms with Crippen LogP contribution in [0.15, 0.2) is 16.6 Å². The zero-order valence-corrected chi connectivity index (χ0v) is 11.7. The van der Waals surface area contributed by atoms with Crippen LogP contribution in [0.2, 0.25) is 0 Å². The van der Waals surface area contributed by atoms with E-state index in [-0.39, 0.29) is 0 Å². The molecule has 1 aromatic rings. The molecule has 0 amide bonds. The van der Waals surface area contributed by atoms with Crippen molar-refractivity contribution in [3.63, 3.8) is 0 Å². The lowest BCUT2D eigenvalue weighted by Crippen LogP contribution is -2.29. The van der Waals surface area contributed by atoms with Gasteiger partial charge < -0.3 is 10.1 Å². The highest BCUT2D eigenvalue weighted by Crippen LogP contribution is 2.38. The number of fused-ring (bicyclic) bond motifs is 1. The Labute approximate surface area is 111 Å². The molecule has 0 saturated heterocycles. The third-order valence-corrected chi connectivity index (χ3v) is 4.28. The van der Waals surface area contributed by atoms with Crippen molar-refractivity contribution in [2.24, 2.45) is 5.92 Å². The second-order valence-electron chi connectivity index (χ2n) is 5.09. The minimum absolute atomic E-state index is 0.609.